The fraction of sp³-hybridized carbons (Fsp3) is 0.556. The average molecular weight is 362 g/mol. The van der Waals surface area contributed by atoms with Gasteiger partial charge in [0.2, 0.25) is 5.91 Å². The zero-order valence-electron chi connectivity index (χ0n) is 14.3. The number of likely N-dealkylation sites (tertiary alicyclic amines) is 1. The van der Waals surface area contributed by atoms with E-state index in [1.54, 1.807) is 0 Å². The number of hydrogen-bond acceptors (Lipinski definition) is 6. The Balaban J connectivity index is 1.31. The molecule has 0 unspecified atom stereocenters. The van der Waals surface area contributed by atoms with Crippen molar-refractivity contribution in [2.75, 3.05) is 26.3 Å². The minimum Gasteiger partial charge on any atom is -0.459 e. The van der Waals surface area contributed by atoms with Gasteiger partial charge in [0.15, 0.2) is 17.1 Å². The van der Waals surface area contributed by atoms with Crippen LogP contribution >= 0.6 is 11.3 Å². The molecule has 6 nitrogen and oxygen atoms in total. The van der Waals surface area contributed by atoms with Crippen molar-refractivity contribution >= 4 is 17.2 Å². The summed E-state index contributed by atoms with van der Waals surface area (Å²) in [6.45, 7) is 4.81. The highest BCUT2D eigenvalue weighted by Gasteiger charge is 2.31. The van der Waals surface area contributed by atoms with Gasteiger partial charge in [-0.3, -0.25) is 4.79 Å². The first-order chi connectivity index (χ1) is 12.2. The highest BCUT2D eigenvalue weighted by Crippen LogP contribution is 2.28. The van der Waals surface area contributed by atoms with Crippen LogP contribution in [0.5, 0.6) is 0 Å². The summed E-state index contributed by atoms with van der Waals surface area (Å²) in [7, 11) is 0. The number of aryl methyl sites for hydroxylation is 1. The van der Waals surface area contributed by atoms with Gasteiger partial charge < -0.3 is 18.8 Å². The molecule has 7 heteroatoms. The molecule has 0 radical (unpaired) electrons. The molecule has 0 saturated carbocycles. The molecule has 2 aromatic heterocycles. The maximum Gasteiger partial charge on any atom is 0.228 e. The summed E-state index contributed by atoms with van der Waals surface area (Å²) in [5.74, 6) is 2.17. The Morgan fingerprint density at radius 3 is 2.72 bits per heavy atom. The molecule has 0 aliphatic carbocycles. The third kappa shape index (κ3) is 3.78. The monoisotopic (exact) mass is 362 g/mol. The minimum absolute atomic E-state index is 0.0740. The van der Waals surface area contributed by atoms with E-state index >= 15 is 0 Å². The zero-order chi connectivity index (χ0) is 17.2. The van der Waals surface area contributed by atoms with Gasteiger partial charge in [-0.1, -0.05) is 0 Å². The number of carbonyl (C=O) groups excluding carboxylic acids is 1. The Kier molecular flexibility index (Phi) is 4.87. The first kappa shape index (κ1) is 16.8. The summed E-state index contributed by atoms with van der Waals surface area (Å²) >= 11 is 1.51. The number of carbonyl (C=O) groups is 1. The predicted molar refractivity (Wildman–Crippen MR) is 93.3 cm³/mol. The average Bonchev–Trinajstić information content (AvgIpc) is 3.36. The smallest absolute Gasteiger partial charge is 0.228 e. The lowest BCUT2D eigenvalue weighted by molar-refractivity contribution is -0.136. The molecule has 2 saturated heterocycles. The van der Waals surface area contributed by atoms with Crippen LogP contribution in [-0.2, 0) is 20.7 Å². The Labute approximate surface area is 150 Å². The number of ether oxygens (including phenoxy) is 2. The van der Waals surface area contributed by atoms with E-state index in [1.165, 1.54) is 11.3 Å². The standard InChI is InChI=1S/C18H22N2O4S/c1-12-2-3-15(24-12)17-19-14(11-25-17)10-16(21)20-6-4-13(5-7-20)18-22-8-9-23-18/h2-3,11,13,18H,4-10H2,1H3. The van der Waals surface area contributed by atoms with Crippen LogP contribution < -0.4 is 0 Å². The molecule has 2 fully saturated rings. The second-order valence-electron chi connectivity index (χ2n) is 6.56. The SMILES string of the molecule is Cc1ccc(-c2nc(CC(=O)N3CCC(C4OCCO4)CC3)cs2)o1. The Bertz CT molecular complexity index is 727. The van der Waals surface area contributed by atoms with Gasteiger partial charge in [-0.25, -0.2) is 4.98 Å². The van der Waals surface area contributed by atoms with Crippen molar-refractivity contribution in [1.29, 1.82) is 0 Å². The summed E-state index contributed by atoms with van der Waals surface area (Å²) < 4.78 is 16.8. The van der Waals surface area contributed by atoms with E-state index in [-0.39, 0.29) is 12.2 Å². The topological polar surface area (TPSA) is 64.8 Å². The quantitative estimate of drug-likeness (QED) is 0.837. The molecule has 1 amide bonds. The number of amides is 1. The van der Waals surface area contributed by atoms with Crippen LogP contribution in [0.1, 0.15) is 24.3 Å². The number of piperidine rings is 1. The highest BCUT2D eigenvalue weighted by molar-refractivity contribution is 7.13. The molecule has 2 aromatic rings. The molecular weight excluding hydrogens is 340 g/mol. The van der Waals surface area contributed by atoms with Crippen molar-refractivity contribution < 1.29 is 18.7 Å². The number of aromatic nitrogens is 1. The second-order valence-corrected chi connectivity index (χ2v) is 7.42. The first-order valence-electron chi connectivity index (χ1n) is 8.71. The number of thiazole rings is 1. The van der Waals surface area contributed by atoms with E-state index in [4.69, 9.17) is 13.9 Å². The van der Waals surface area contributed by atoms with Crippen molar-refractivity contribution in [3.63, 3.8) is 0 Å². The predicted octanol–water partition coefficient (Wildman–Crippen LogP) is 2.87. The van der Waals surface area contributed by atoms with Crippen LogP contribution in [0.25, 0.3) is 10.8 Å². The van der Waals surface area contributed by atoms with E-state index in [0.717, 1.165) is 48.2 Å². The van der Waals surface area contributed by atoms with Gasteiger partial charge in [0.05, 0.1) is 25.3 Å². The van der Waals surface area contributed by atoms with Gasteiger partial charge in [0, 0.05) is 24.4 Å². The zero-order valence-corrected chi connectivity index (χ0v) is 15.1. The number of furan rings is 1. The van der Waals surface area contributed by atoms with E-state index in [9.17, 15) is 4.79 Å². The van der Waals surface area contributed by atoms with Crippen LogP contribution in [0.3, 0.4) is 0 Å². The third-order valence-electron chi connectivity index (χ3n) is 4.76. The second kappa shape index (κ2) is 7.27. The summed E-state index contributed by atoms with van der Waals surface area (Å²) in [4.78, 5) is 19.0. The van der Waals surface area contributed by atoms with Gasteiger partial charge in [0.1, 0.15) is 5.76 Å². The molecule has 0 atom stereocenters. The summed E-state index contributed by atoms with van der Waals surface area (Å²) in [6, 6.07) is 3.83. The minimum atomic E-state index is -0.0740. The molecule has 0 N–H and O–H groups in total. The summed E-state index contributed by atoms with van der Waals surface area (Å²) in [5.41, 5.74) is 0.809. The van der Waals surface area contributed by atoms with Crippen LogP contribution in [0.4, 0.5) is 0 Å². The molecule has 0 spiro atoms. The van der Waals surface area contributed by atoms with Crippen LogP contribution in [-0.4, -0.2) is 48.4 Å². The third-order valence-corrected chi connectivity index (χ3v) is 5.67. The number of hydrogen-bond donors (Lipinski definition) is 0. The van der Waals surface area contributed by atoms with Crippen LogP contribution in [0.15, 0.2) is 21.9 Å². The normalized spacial score (nSPS) is 19.6. The van der Waals surface area contributed by atoms with Gasteiger partial charge in [-0.2, -0.15) is 0 Å². The van der Waals surface area contributed by atoms with Gasteiger partial charge in [0.25, 0.3) is 0 Å². The maximum absolute atomic E-state index is 12.5. The Hall–Kier alpha value is -1.70. The van der Waals surface area contributed by atoms with Gasteiger partial charge in [-0.05, 0) is 31.9 Å². The Morgan fingerprint density at radius 2 is 2.04 bits per heavy atom. The fourth-order valence-corrected chi connectivity index (χ4v) is 4.17. The molecule has 0 bridgehead atoms. The first-order valence-corrected chi connectivity index (χ1v) is 9.59. The van der Waals surface area contributed by atoms with E-state index in [1.807, 2.05) is 29.3 Å². The highest BCUT2D eigenvalue weighted by atomic mass is 32.1. The van der Waals surface area contributed by atoms with Crippen LogP contribution in [0.2, 0.25) is 0 Å². The fourth-order valence-electron chi connectivity index (χ4n) is 3.39. The van der Waals surface area contributed by atoms with Crippen molar-refractivity contribution in [2.24, 2.45) is 5.92 Å². The molecule has 2 aliphatic rings. The lowest BCUT2D eigenvalue weighted by Crippen LogP contribution is -2.42. The van der Waals surface area contributed by atoms with Crippen molar-refractivity contribution in [1.82, 2.24) is 9.88 Å². The van der Waals surface area contributed by atoms with Gasteiger partial charge in [-0.15, -0.1) is 11.3 Å². The van der Waals surface area contributed by atoms with Crippen LogP contribution in [0, 0.1) is 12.8 Å². The summed E-state index contributed by atoms with van der Waals surface area (Å²) in [5, 5.41) is 2.77. The lowest BCUT2D eigenvalue weighted by Gasteiger charge is -2.33. The molecule has 134 valence electrons. The maximum atomic E-state index is 12.5. The molecule has 0 aromatic carbocycles. The molecule has 25 heavy (non-hydrogen) atoms. The van der Waals surface area contributed by atoms with Crippen molar-refractivity contribution in [2.45, 2.75) is 32.5 Å². The molecular formula is C18H22N2O4S. The van der Waals surface area contributed by atoms with Crippen molar-refractivity contribution in [3.05, 3.63) is 29.0 Å². The molecule has 4 heterocycles. The molecule has 4 rings (SSSR count). The number of rotatable bonds is 4. The Morgan fingerprint density at radius 1 is 1.28 bits per heavy atom. The number of nitrogens with zero attached hydrogens (tertiary/aromatic N) is 2. The van der Waals surface area contributed by atoms with E-state index in [0.29, 0.717) is 25.6 Å². The largest absolute Gasteiger partial charge is 0.459 e. The summed E-state index contributed by atoms with van der Waals surface area (Å²) in [6.07, 6.45) is 2.14. The van der Waals surface area contributed by atoms with E-state index < -0.39 is 0 Å². The van der Waals surface area contributed by atoms with Crippen molar-refractivity contribution in [3.8, 4) is 10.8 Å². The van der Waals surface area contributed by atoms with Gasteiger partial charge >= 0.3 is 0 Å². The lowest BCUT2D eigenvalue weighted by atomic mass is 9.96. The molecule has 2 aliphatic heterocycles. The van der Waals surface area contributed by atoms with E-state index in [2.05, 4.69) is 4.98 Å².